The van der Waals surface area contributed by atoms with Crippen molar-refractivity contribution in [3.05, 3.63) is 84.0 Å². The van der Waals surface area contributed by atoms with Gasteiger partial charge in [-0.2, -0.15) is 21.4 Å². The van der Waals surface area contributed by atoms with Crippen molar-refractivity contribution < 1.29 is 94.9 Å². The minimum atomic E-state index is -4.54. The summed E-state index contributed by atoms with van der Waals surface area (Å²) < 4.78 is 80.9. The summed E-state index contributed by atoms with van der Waals surface area (Å²) in [5, 5.41) is 37.2. The highest BCUT2D eigenvalue weighted by Gasteiger charge is 2.46. The summed E-state index contributed by atoms with van der Waals surface area (Å²) in [5.74, 6) is -0.871. The summed E-state index contributed by atoms with van der Waals surface area (Å²) in [7, 11) is -7.65. The molecule has 2 aromatic rings. The molecule has 2 heterocycles. The average molecular weight is 890 g/mol. The maximum absolute atomic E-state index is 12.2. The summed E-state index contributed by atoms with van der Waals surface area (Å²) in [4.78, 5) is 21.7. The van der Waals surface area contributed by atoms with Gasteiger partial charge in [-0.1, -0.05) is 6.08 Å². The summed E-state index contributed by atoms with van der Waals surface area (Å²) >= 11 is 0. The SMILES string of the molecule is CCN1C(=CC=CC2=[N+](CCCCCC(=O)O)c3ccc(S(=O)(=O)O)cc3C2(C)C)C(C)(CCOCCOOOOOOOOO/C=C\OC)c2cc(S(=O)(=O)O)ccc21. The Labute approximate surface area is 346 Å². The Hall–Kier alpha value is -4.34. The average Bonchev–Trinajstić information content (AvgIpc) is 3.55. The molecule has 0 saturated carbocycles. The third-order valence-corrected chi connectivity index (χ3v) is 11.5. The molecule has 0 aromatic heterocycles. The number of unbranched alkanes of at least 4 members (excludes halogenated alkanes) is 2. The number of methoxy groups -OCH3 is 1. The minimum absolute atomic E-state index is 0.0217. The highest BCUT2D eigenvalue weighted by atomic mass is 32.2. The predicted octanol–water partition coefficient (Wildman–Crippen LogP) is 5.43. The first-order chi connectivity index (χ1) is 28.5. The molecule has 1 atom stereocenters. The normalized spacial score (nSPS) is 18.2. The van der Waals surface area contributed by atoms with Gasteiger partial charge in [0.1, 0.15) is 19.4 Å². The van der Waals surface area contributed by atoms with E-state index in [1.807, 2.05) is 50.8 Å². The number of carboxylic acid groups (broad SMARTS) is 1. The number of anilines is 1. The van der Waals surface area contributed by atoms with E-state index in [-0.39, 0.29) is 36.0 Å². The van der Waals surface area contributed by atoms with Gasteiger partial charge in [0.25, 0.3) is 20.2 Å². The second kappa shape index (κ2) is 22.0. The number of hydrogen-bond donors (Lipinski definition) is 3. The Bertz CT molecular complexity index is 2140. The van der Waals surface area contributed by atoms with Crippen LogP contribution in [0.25, 0.3) is 0 Å². The molecule has 0 amide bonds. The molecule has 0 saturated heterocycles. The molecule has 60 heavy (non-hydrogen) atoms. The van der Waals surface area contributed by atoms with Gasteiger partial charge in [-0.25, -0.2) is 4.89 Å². The Morgan fingerprint density at radius 2 is 1.47 bits per heavy atom. The second-order valence-electron chi connectivity index (χ2n) is 13.9. The summed E-state index contributed by atoms with van der Waals surface area (Å²) in [5.41, 5.74) is 2.90. The van der Waals surface area contributed by atoms with Crippen LogP contribution in [0.5, 0.6) is 0 Å². The van der Waals surface area contributed by atoms with Crippen molar-refractivity contribution in [2.24, 2.45) is 0 Å². The number of fused-ring (bicyclic) bond motifs is 2. The van der Waals surface area contributed by atoms with Crippen LogP contribution in [0.3, 0.4) is 0 Å². The van der Waals surface area contributed by atoms with E-state index in [1.165, 1.54) is 31.4 Å². The van der Waals surface area contributed by atoms with Crippen molar-refractivity contribution in [2.45, 2.75) is 80.4 Å². The highest BCUT2D eigenvalue weighted by molar-refractivity contribution is 7.86. The number of rotatable bonds is 27. The van der Waals surface area contributed by atoms with Crippen molar-refractivity contribution in [3.8, 4) is 0 Å². The smallest absolute Gasteiger partial charge is 0.303 e. The third kappa shape index (κ3) is 12.6. The molecule has 23 heteroatoms. The molecule has 3 N–H and O–H groups in total. The highest BCUT2D eigenvalue weighted by Crippen LogP contribution is 2.50. The topological polar surface area (TPSA) is 254 Å². The monoisotopic (exact) mass is 889 g/mol. The number of allylic oxidation sites excluding steroid dienone is 4. The van der Waals surface area contributed by atoms with Crippen LogP contribution in [-0.4, -0.2) is 87.3 Å². The Kier molecular flexibility index (Phi) is 17.7. The van der Waals surface area contributed by atoms with Crippen molar-refractivity contribution in [2.75, 3.05) is 44.9 Å². The van der Waals surface area contributed by atoms with Gasteiger partial charge < -0.3 is 24.4 Å². The van der Waals surface area contributed by atoms with Gasteiger partial charge in [0.15, 0.2) is 12.0 Å². The molecular formula is C37H49N2O19S2+. The first-order valence-corrected chi connectivity index (χ1v) is 21.3. The fourth-order valence-corrected chi connectivity index (χ4v) is 8.02. The van der Waals surface area contributed by atoms with Crippen LogP contribution in [0.4, 0.5) is 11.4 Å². The standard InChI is InChI=1S/C37H48N2O19S2/c1-6-38-32-17-15-28(60(45,46)47)26-30(32)37(4,18-20-49-22-24-51-53-55-57-58-56-54-52-50-23-21-48-5)34(38)12-10-11-33-36(2,3)29-25-27(59(42,43)44)14-16-31(29)39(33)19-9-7-8-13-35(40)41/h10-12,14-17,21,23,25-26H,6-9,13,18-20,22,24H2,1-5H3,(H2-,40,41,42,43,44,45,46,47)/p+1/b23-21-. The van der Waals surface area contributed by atoms with Gasteiger partial charge in [0.05, 0.1) is 28.9 Å². The third-order valence-electron chi connectivity index (χ3n) is 9.82. The quantitative estimate of drug-likeness (QED) is 0.0252. The summed E-state index contributed by atoms with van der Waals surface area (Å²) in [6.07, 6.45) is 10.0. The molecule has 1 unspecified atom stereocenters. The molecule has 0 bridgehead atoms. The van der Waals surface area contributed by atoms with Crippen LogP contribution < -0.4 is 4.90 Å². The minimum Gasteiger partial charge on any atom is -0.501 e. The van der Waals surface area contributed by atoms with Crippen LogP contribution in [-0.2, 0) is 90.4 Å². The number of hydrogen-bond acceptors (Lipinski definition) is 17. The van der Waals surface area contributed by atoms with Gasteiger partial charge in [-0.05, 0) is 104 Å². The van der Waals surface area contributed by atoms with Gasteiger partial charge in [-0.3, -0.25) is 13.9 Å². The molecule has 21 nitrogen and oxygen atoms in total. The fraction of sp³-hybridized carbons (Fsp3) is 0.459. The maximum Gasteiger partial charge on any atom is 0.303 e. The number of benzene rings is 2. The lowest BCUT2D eigenvalue weighted by atomic mass is 9.78. The first kappa shape index (κ1) is 48.3. The van der Waals surface area contributed by atoms with Crippen LogP contribution in [0.1, 0.15) is 70.9 Å². The number of likely N-dealkylation sites (N-methyl/N-ethyl adjacent to an activating group) is 1. The predicted molar refractivity (Wildman–Crippen MR) is 205 cm³/mol. The zero-order chi connectivity index (χ0) is 44.0. The molecular weight excluding hydrogens is 841 g/mol. The van der Waals surface area contributed by atoms with E-state index in [1.54, 1.807) is 12.1 Å². The van der Waals surface area contributed by atoms with Crippen LogP contribution >= 0.6 is 0 Å². The zero-order valence-corrected chi connectivity index (χ0v) is 35.1. The summed E-state index contributed by atoms with van der Waals surface area (Å²) in [6, 6.07) is 8.91. The number of carbonyl (C=O) groups is 1. The van der Waals surface area contributed by atoms with Gasteiger partial charge in [0, 0.05) is 80.7 Å². The number of ether oxygens (including phenoxy) is 2. The first-order valence-electron chi connectivity index (χ1n) is 18.4. The largest absolute Gasteiger partial charge is 0.501 e. The Balaban J connectivity index is 1.52. The fourth-order valence-electron chi connectivity index (χ4n) is 7.00. The van der Waals surface area contributed by atoms with Crippen molar-refractivity contribution >= 4 is 43.3 Å². The van der Waals surface area contributed by atoms with Crippen molar-refractivity contribution in [3.63, 3.8) is 0 Å². The Morgan fingerprint density at radius 3 is 2.12 bits per heavy atom. The molecule has 0 spiro atoms. The van der Waals surface area contributed by atoms with E-state index in [9.17, 15) is 30.7 Å². The van der Waals surface area contributed by atoms with E-state index in [4.69, 9.17) is 14.7 Å². The number of carboxylic acids is 1. The molecule has 2 aliphatic heterocycles. The molecule has 2 aromatic carbocycles. The molecule has 2 aliphatic rings. The lowest BCUT2D eigenvalue weighted by Gasteiger charge is -2.30. The molecule has 332 valence electrons. The van der Waals surface area contributed by atoms with Crippen LogP contribution in [0.2, 0.25) is 0 Å². The zero-order valence-electron chi connectivity index (χ0n) is 33.5. The van der Waals surface area contributed by atoms with Crippen molar-refractivity contribution in [1.29, 1.82) is 0 Å². The van der Waals surface area contributed by atoms with E-state index in [0.717, 1.165) is 35.3 Å². The van der Waals surface area contributed by atoms with Gasteiger partial charge in [-0.15, -0.1) is 0 Å². The molecule has 0 fully saturated rings. The molecule has 0 radical (unpaired) electrons. The van der Waals surface area contributed by atoms with Gasteiger partial charge >= 0.3 is 5.97 Å². The lowest BCUT2D eigenvalue weighted by molar-refractivity contribution is -0.829. The van der Waals surface area contributed by atoms with Gasteiger partial charge in [0.2, 0.25) is 5.69 Å². The van der Waals surface area contributed by atoms with E-state index < -0.39 is 37.0 Å². The van der Waals surface area contributed by atoms with E-state index >= 15 is 0 Å². The van der Waals surface area contributed by atoms with Crippen LogP contribution in [0, 0.1) is 0 Å². The summed E-state index contributed by atoms with van der Waals surface area (Å²) in [6.45, 7) is 8.84. The lowest BCUT2D eigenvalue weighted by Crippen LogP contribution is -2.30. The van der Waals surface area contributed by atoms with E-state index in [2.05, 4.69) is 49.5 Å². The molecule has 4 rings (SSSR count). The van der Waals surface area contributed by atoms with Crippen LogP contribution in [0.15, 0.2) is 82.6 Å². The molecule has 0 aliphatic carbocycles. The Morgan fingerprint density at radius 1 is 0.817 bits per heavy atom. The maximum atomic E-state index is 12.2. The number of nitrogens with zero attached hydrogens (tertiary/aromatic N) is 2. The van der Waals surface area contributed by atoms with E-state index in [0.29, 0.717) is 49.9 Å². The second-order valence-corrected chi connectivity index (χ2v) is 16.8. The number of aliphatic carboxylic acids is 1. The van der Waals surface area contributed by atoms with Crippen molar-refractivity contribution in [1.82, 2.24) is 0 Å².